The van der Waals surface area contributed by atoms with E-state index < -0.39 is 0 Å². The van der Waals surface area contributed by atoms with Gasteiger partial charge in [0.1, 0.15) is 5.82 Å². The number of benzene rings is 1. The molecule has 0 atom stereocenters. The highest BCUT2D eigenvalue weighted by Crippen LogP contribution is 2.26. The highest BCUT2D eigenvalue weighted by atomic mass is 79.9. The van der Waals surface area contributed by atoms with Crippen LogP contribution in [0.2, 0.25) is 0 Å². The summed E-state index contributed by atoms with van der Waals surface area (Å²) in [5, 5.41) is 3.55. The van der Waals surface area contributed by atoms with Crippen LogP contribution in [0.15, 0.2) is 22.7 Å². The topological polar surface area (TPSA) is 12.0 Å². The van der Waals surface area contributed by atoms with E-state index in [0.717, 1.165) is 22.5 Å². The van der Waals surface area contributed by atoms with Crippen LogP contribution in [0.25, 0.3) is 0 Å². The third-order valence-electron chi connectivity index (χ3n) is 3.94. The minimum absolute atomic E-state index is 0.170. The van der Waals surface area contributed by atoms with Crippen molar-refractivity contribution in [1.29, 1.82) is 0 Å². The number of nitrogens with one attached hydrogen (secondary N) is 1. The molecule has 100 valence electrons. The van der Waals surface area contributed by atoms with Crippen molar-refractivity contribution < 1.29 is 4.39 Å². The molecule has 1 aromatic rings. The SMILES string of the molecule is CCC1CCC(NCc2cc(F)cc(Br)c2)CC1. The number of hydrogen-bond acceptors (Lipinski definition) is 1. The number of rotatable bonds is 4. The minimum Gasteiger partial charge on any atom is -0.310 e. The Labute approximate surface area is 117 Å². The lowest BCUT2D eigenvalue weighted by atomic mass is 9.84. The lowest BCUT2D eigenvalue weighted by molar-refractivity contribution is 0.285. The molecular weight excluding hydrogens is 293 g/mol. The van der Waals surface area contributed by atoms with Gasteiger partial charge in [-0.1, -0.05) is 29.3 Å². The Balaban J connectivity index is 1.81. The van der Waals surface area contributed by atoms with E-state index in [4.69, 9.17) is 0 Å². The average Bonchev–Trinajstić information content (AvgIpc) is 2.36. The van der Waals surface area contributed by atoms with Crippen molar-refractivity contribution in [3.8, 4) is 0 Å². The molecule has 0 bridgehead atoms. The van der Waals surface area contributed by atoms with Crippen molar-refractivity contribution in [3.05, 3.63) is 34.1 Å². The van der Waals surface area contributed by atoms with E-state index in [1.165, 1.54) is 38.2 Å². The molecule has 0 unspecified atom stereocenters. The Morgan fingerprint density at radius 1 is 1.22 bits per heavy atom. The van der Waals surface area contributed by atoms with Crippen LogP contribution in [0.4, 0.5) is 4.39 Å². The first-order chi connectivity index (χ1) is 8.67. The molecule has 1 aliphatic rings. The maximum Gasteiger partial charge on any atom is 0.124 e. The van der Waals surface area contributed by atoms with Crippen LogP contribution in [0.1, 0.15) is 44.6 Å². The van der Waals surface area contributed by atoms with Crippen molar-refractivity contribution >= 4 is 15.9 Å². The molecule has 1 aromatic carbocycles. The van der Waals surface area contributed by atoms with Crippen LogP contribution in [0, 0.1) is 11.7 Å². The van der Waals surface area contributed by atoms with Gasteiger partial charge in [0.25, 0.3) is 0 Å². The lowest BCUT2D eigenvalue weighted by Gasteiger charge is -2.28. The van der Waals surface area contributed by atoms with E-state index in [0.29, 0.717) is 6.04 Å². The maximum absolute atomic E-state index is 13.2. The highest BCUT2D eigenvalue weighted by molar-refractivity contribution is 9.10. The van der Waals surface area contributed by atoms with E-state index in [1.807, 2.05) is 6.07 Å². The van der Waals surface area contributed by atoms with Gasteiger partial charge in [-0.3, -0.25) is 0 Å². The first-order valence-corrected chi connectivity index (χ1v) is 7.65. The lowest BCUT2D eigenvalue weighted by Crippen LogP contribution is -2.32. The van der Waals surface area contributed by atoms with Gasteiger partial charge < -0.3 is 5.32 Å². The molecule has 0 amide bonds. The molecule has 0 aliphatic heterocycles. The largest absolute Gasteiger partial charge is 0.310 e. The highest BCUT2D eigenvalue weighted by Gasteiger charge is 2.19. The van der Waals surface area contributed by atoms with E-state index in [1.54, 1.807) is 6.07 Å². The van der Waals surface area contributed by atoms with Crippen molar-refractivity contribution in [1.82, 2.24) is 5.32 Å². The third-order valence-corrected chi connectivity index (χ3v) is 4.40. The molecule has 1 aliphatic carbocycles. The van der Waals surface area contributed by atoms with Gasteiger partial charge in [0.15, 0.2) is 0 Å². The third kappa shape index (κ3) is 4.06. The Kier molecular flexibility index (Phi) is 5.19. The van der Waals surface area contributed by atoms with E-state index in [-0.39, 0.29) is 5.82 Å². The smallest absolute Gasteiger partial charge is 0.124 e. The second-order valence-electron chi connectivity index (χ2n) is 5.28. The molecule has 1 N–H and O–H groups in total. The van der Waals surface area contributed by atoms with Crippen LogP contribution >= 0.6 is 15.9 Å². The van der Waals surface area contributed by atoms with Crippen LogP contribution in [-0.4, -0.2) is 6.04 Å². The van der Waals surface area contributed by atoms with Crippen LogP contribution in [-0.2, 0) is 6.54 Å². The summed E-state index contributed by atoms with van der Waals surface area (Å²) in [5.41, 5.74) is 1.01. The minimum atomic E-state index is -0.170. The molecule has 1 saturated carbocycles. The molecule has 3 heteroatoms. The predicted molar refractivity (Wildman–Crippen MR) is 77.0 cm³/mol. The molecular formula is C15H21BrFN. The standard InChI is InChI=1S/C15H21BrFN/c1-2-11-3-5-15(6-4-11)18-10-12-7-13(16)9-14(17)8-12/h7-9,11,15,18H,2-6,10H2,1H3. The second-order valence-corrected chi connectivity index (χ2v) is 6.20. The van der Waals surface area contributed by atoms with Crippen molar-refractivity contribution in [3.63, 3.8) is 0 Å². The van der Waals surface area contributed by atoms with Crippen molar-refractivity contribution in [2.24, 2.45) is 5.92 Å². The van der Waals surface area contributed by atoms with Gasteiger partial charge in [-0.05, 0) is 55.4 Å². The van der Waals surface area contributed by atoms with E-state index in [9.17, 15) is 4.39 Å². The number of halogens is 2. The first kappa shape index (κ1) is 14.0. The van der Waals surface area contributed by atoms with Gasteiger partial charge in [-0.2, -0.15) is 0 Å². The van der Waals surface area contributed by atoms with Gasteiger partial charge in [0.2, 0.25) is 0 Å². The van der Waals surface area contributed by atoms with Gasteiger partial charge in [0.05, 0.1) is 0 Å². The number of hydrogen-bond donors (Lipinski definition) is 1. The summed E-state index contributed by atoms with van der Waals surface area (Å²) in [6.07, 6.45) is 6.50. The summed E-state index contributed by atoms with van der Waals surface area (Å²) in [7, 11) is 0. The summed E-state index contributed by atoms with van der Waals surface area (Å²) >= 11 is 3.33. The van der Waals surface area contributed by atoms with Gasteiger partial charge in [-0.25, -0.2) is 4.39 Å². The van der Waals surface area contributed by atoms with Gasteiger partial charge in [-0.15, -0.1) is 0 Å². The Morgan fingerprint density at radius 3 is 2.56 bits per heavy atom. The first-order valence-electron chi connectivity index (χ1n) is 6.85. The molecule has 1 nitrogen and oxygen atoms in total. The quantitative estimate of drug-likeness (QED) is 0.853. The maximum atomic E-state index is 13.2. The monoisotopic (exact) mass is 313 g/mol. The zero-order valence-corrected chi connectivity index (χ0v) is 12.5. The summed E-state index contributed by atoms with van der Waals surface area (Å²) in [6, 6.07) is 5.69. The Morgan fingerprint density at radius 2 is 1.94 bits per heavy atom. The molecule has 2 rings (SSSR count). The zero-order chi connectivity index (χ0) is 13.0. The molecule has 1 fully saturated rings. The summed E-state index contributed by atoms with van der Waals surface area (Å²) in [4.78, 5) is 0. The zero-order valence-electron chi connectivity index (χ0n) is 10.9. The summed E-state index contributed by atoms with van der Waals surface area (Å²) in [5.74, 6) is 0.752. The van der Waals surface area contributed by atoms with Crippen LogP contribution < -0.4 is 5.32 Å². The molecule has 0 heterocycles. The molecule has 0 saturated heterocycles. The molecule has 0 aromatic heterocycles. The van der Waals surface area contributed by atoms with Crippen LogP contribution in [0.3, 0.4) is 0 Å². The fraction of sp³-hybridized carbons (Fsp3) is 0.600. The Bertz CT molecular complexity index is 366. The van der Waals surface area contributed by atoms with Gasteiger partial charge >= 0.3 is 0 Å². The molecule has 0 spiro atoms. The summed E-state index contributed by atoms with van der Waals surface area (Å²) in [6.45, 7) is 3.04. The summed E-state index contributed by atoms with van der Waals surface area (Å²) < 4.78 is 14.0. The Hall–Kier alpha value is -0.410. The molecule has 18 heavy (non-hydrogen) atoms. The molecule has 0 radical (unpaired) electrons. The fourth-order valence-electron chi connectivity index (χ4n) is 2.75. The van der Waals surface area contributed by atoms with Crippen molar-refractivity contribution in [2.45, 2.75) is 51.6 Å². The normalized spacial score (nSPS) is 24.2. The van der Waals surface area contributed by atoms with E-state index >= 15 is 0 Å². The van der Waals surface area contributed by atoms with Gasteiger partial charge in [0, 0.05) is 17.1 Å². The second kappa shape index (κ2) is 6.67. The predicted octanol–water partition coefficient (Wildman–Crippen LogP) is 4.65. The van der Waals surface area contributed by atoms with Crippen molar-refractivity contribution in [2.75, 3.05) is 0 Å². The van der Waals surface area contributed by atoms with E-state index in [2.05, 4.69) is 28.2 Å². The average molecular weight is 314 g/mol. The van der Waals surface area contributed by atoms with Crippen LogP contribution in [0.5, 0.6) is 0 Å². The fourth-order valence-corrected chi connectivity index (χ4v) is 3.26.